The summed E-state index contributed by atoms with van der Waals surface area (Å²) in [4.78, 5) is 44.2. The number of carbonyl (C=O) groups excluding carboxylic acids is 2. The standard InChI is InChI=1S/C12H14N4O6S2/c1-5(2)23-24-14-12(18)9-8(15(19)20)4-7(11(13)17)6(3)10(9)16(21)22/h4-5H,1-3H3,(H2,13,17)(H,14,18). The maximum absolute atomic E-state index is 12.2. The Labute approximate surface area is 144 Å². The van der Waals surface area contributed by atoms with E-state index in [4.69, 9.17) is 5.73 Å². The first-order chi connectivity index (χ1) is 11.1. The summed E-state index contributed by atoms with van der Waals surface area (Å²) < 4.78 is 2.31. The van der Waals surface area contributed by atoms with Gasteiger partial charge in [-0.2, -0.15) is 0 Å². The average Bonchev–Trinajstić information content (AvgIpc) is 2.44. The van der Waals surface area contributed by atoms with Crippen LogP contribution in [0.4, 0.5) is 11.4 Å². The Balaban J connectivity index is 3.53. The number of hydrogen-bond acceptors (Lipinski definition) is 8. The van der Waals surface area contributed by atoms with Crippen LogP contribution in [0.1, 0.15) is 40.1 Å². The molecule has 130 valence electrons. The number of carbonyl (C=O) groups is 2. The molecule has 0 saturated carbocycles. The van der Waals surface area contributed by atoms with Gasteiger partial charge < -0.3 is 5.73 Å². The maximum Gasteiger partial charge on any atom is 0.292 e. The second-order valence-corrected chi connectivity index (χ2v) is 7.41. The lowest BCUT2D eigenvalue weighted by atomic mass is 9.99. The summed E-state index contributed by atoms with van der Waals surface area (Å²) in [6.07, 6.45) is 0. The molecule has 0 unspecified atom stereocenters. The van der Waals surface area contributed by atoms with Crippen LogP contribution in [0.2, 0.25) is 0 Å². The topological polar surface area (TPSA) is 158 Å². The molecule has 12 heteroatoms. The van der Waals surface area contributed by atoms with Crippen LogP contribution >= 0.6 is 21.8 Å². The van der Waals surface area contributed by atoms with Crippen molar-refractivity contribution in [1.82, 2.24) is 4.72 Å². The van der Waals surface area contributed by atoms with Crippen molar-refractivity contribution in [3.05, 3.63) is 43.0 Å². The van der Waals surface area contributed by atoms with Gasteiger partial charge in [0.15, 0.2) is 5.56 Å². The molecule has 1 aromatic rings. The molecular weight excluding hydrogens is 360 g/mol. The first-order valence-electron chi connectivity index (χ1n) is 6.46. The molecule has 10 nitrogen and oxygen atoms in total. The van der Waals surface area contributed by atoms with Crippen LogP contribution in [-0.4, -0.2) is 26.9 Å². The Bertz CT molecular complexity index is 722. The summed E-state index contributed by atoms with van der Waals surface area (Å²) in [6.45, 7) is 4.93. The summed E-state index contributed by atoms with van der Waals surface area (Å²) in [7, 11) is 2.17. The number of nitro benzene ring substituents is 2. The van der Waals surface area contributed by atoms with Gasteiger partial charge in [0.2, 0.25) is 5.91 Å². The monoisotopic (exact) mass is 374 g/mol. The molecule has 24 heavy (non-hydrogen) atoms. The van der Waals surface area contributed by atoms with E-state index in [1.165, 1.54) is 17.7 Å². The van der Waals surface area contributed by atoms with E-state index in [2.05, 4.69) is 4.72 Å². The third kappa shape index (κ3) is 4.35. The average molecular weight is 374 g/mol. The van der Waals surface area contributed by atoms with E-state index in [1.54, 1.807) is 0 Å². The van der Waals surface area contributed by atoms with Gasteiger partial charge in [0, 0.05) is 27.9 Å². The lowest BCUT2D eigenvalue weighted by Crippen LogP contribution is -2.22. The lowest BCUT2D eigenvalue weighted by molar-refractivity contribution is -0.395. The van der Waals surface area contributed by atoms with Gasteiger partial charge in [0.05, 0.1) is 15.4 Å². The molecule has 0 radical (unpaired) electrons. The summed E-state index contributed by atoms with van der Waals surface area (Å²) in [5.74, 6) is -2.05. The minimum atomic E-state index is -1.06. The van der Waals surface area contributed by atoms with Crippen LogP contribution in [0, 0.1) is 27.2 Å². The van der Waals surface area contributed by atoms with Gasteiger partial charge in [0.25, 0.3) is 17.3 Å². The third-order valence-corrected chi connectivity index (χ3v) is 5.22. The molecule has 0 fully saturated rings. The highest BCUT2D eigenvalue weighted by Gasteiger charge is 2.35. The molecule has 0 aliphatic carbocycles. The highest BCUT2D eigenvalue weighted by atomic mass is 33.1. The maximum atomic E-state index is 12.2. The minimum Gasteiger partial charge on any atom is -0.366 e. The highest BCUT2D eigenvalue weighted by molar-refractivity contribution is 8.76. The van der Waals surface area contributed by atoms with E-state index >= 15 is 0 Å². The SMILES string of the molecule is Cc1c(C(N)=O)cc([N+](=O)[O-])c(C(=O)NSSC(C)C)c1[N+](=O)[O-]. The number of nitro groups is 2. The van der Waals surface area contributed by atoms with E-state index in [1.807, 2.05) is 13.8 Å². The molecule has 1 rings (SSSR count). The fraction of sp³-hybridized carbons (Fsp3) is 0.333. The Morgan fingerprint density at radius 3 is 2.25 bits per heavy atom. The molecule has 0 saturated heterocycles. The molecule has 3 N–H and O–H groups in total. The normalized spacial score (nSPS) is 10.5. The van der Waals surface area contributed by atoms with E-state index in [0.717, 1.165) is 17.0 Å². The van der Waals surface area contributed by atoms with Crippen LogP contribution in [0.5, 0.6) is 0 Å². The van der Waals surface area contributed by atoms with Crippen molar-refractivity contribution in [3.63, 3.8) is 0 Å². The van der Waals surface area contributed by atoms with Crippen LogP contribution in [0.15, 0.2) is 6.07 Å². The van der Waals surface area contributed by atoms with Crippen molar-refractivity contribution in [2.24, 2.45) is 5.73 Å². The van der Waals surface area contributed by atoms with Gasteiger partial charge in [0.1, 0.15) is 0 Å². The molecule has 0 aliphatic rings. The lowest BCUT2D eigenvalue weighted by Gasteiger charge is -2.10. The molecule has 0 atom stereocenters. The van der Waals surface area contributed by atoms with E-state index in [0.29, 0.717) is 0 Å². The number of rotatable bonds is 7. The molecule has 2 amide bonds. The van der Waals surface area contributed by atoms with Crippen LogP contribution in [0.3, 0.4) is 0 Å². The Morgan fingerprint density at radius 2 is 1.83 bits per heavy atom. The van der Waals surface area contributed by atoms with Gasteiger partial charge in [-0.15, -0.1) is 0 Å². The van der Waals surface area contributed by atoms with Crippen LogP contribution < -0.4 is 10.5 Å². The molecular formula is C12H14N4O6S2. The quantitative estimate of drug-likeness (QED) is 0.318. The zero-order chi connectivity index (χ0) is 18.6. The van der Waals surface area contributed by atoms with Crippen molar-refractivity contribution in [2.45, 2.75) is 26.0 Å². The fourth-order valence-corrected chi connectivity index (χ4v) is 3.18. The zero-order valence-corrected chi connectivity index (χ0v) is 14.5. The smallest absolute Gasteiger partial charge is 0.292 e. The molecule has 0 aromatic heterocycles. The van der Waals surface area contributed by atoms with Crippen LogP contribution in [-0.2, 0) is 0 Å². The zero-order valence-electron chi connectivity index (χ0n) is 12.9. The van der Waals surface area contributed by atoms with Crippen molar-refractivity contribution >= 4 is 45.0 Å². The molecule has 0 aliphatic heterocycles. The van der Waals surface area contributed by atoms with Crippen molar-refractivity contribution in [3.8, 4) is 0 Å². The Kier molecular flexibility index (Phi) is 6.54. The highest BCUT2D eigenvalue weighted by Crippen LogP contribution is 2.35. The number of nitrogens with one attached hydrogen (secondary N) is 1. The number of primary amides is 1. The second-order valence-electron chi connectivity index (χ2n) is 4.83. The van der Waals surface area contributed by atoms with Gasteiger partial charge >= 0.3 is 0 Å². The van der Waals surface area contributed by atoms with Crippen molar-refractivity contribution in [2.75, 3.05) is 0 Å². The Morgan fingerprint density at radius 1 is 1.25 bits per heavy atom. The molecule has 0 heterocycles. The van der Waals surface area contributed by atoms with Gasteiger partial charge in [-0.3, -0.25) is 34.5 Å². The first kappa shape index (κ1) is 19.7. The van der Waals surface area contributed by atoms with Crippen LogP contribution in [0.25, 0.3) is 0 Å². The third-order valence-electron chi connectivity index (χ3n) is 2.78. The summed E-state index contributed by atoms with van der Waals surface area (Å²) >= 11 is 0. The molecule has 0 bridgehead atoms. The number of hydrogen-bond donors (Lipinski definition) is 2. The van der Waals surface area contributed by atoms with Gasteiger partial charge in [-0.25, -0.2) is 0 Å². The van der Waals surface area contributed by atoms with E-state index in [9.17, 15) is 29.8 Å². The summed E-state index contributed by atoms with van der Waals surface area (Å²) in [6, 6.07) is 0.778. The van der Waals surface area contributed by atoms with E-state index in [-0.39, 0.29) is 16.4 Å². The number of benzene rings is 1. The van der Waals surface area contributed by atoms with Gasteiger partial charge in [-0.1, -0.05) is 24.6 Å². The first-order valence-corrected chi connectivity index (χ1v) is 8.68. The predicted octanol–water partition coefficient (Wildman–Crippen LogP) is 2.34. The number of nitrogens with two attached hydrogens (primary N) is 1. The van der Waals surface area contributed by atoms with Gasteiger partial charge in [-0.05, 0) is 6.92 Å². The summed E-state index contributed by atoms with van der Waals surface area (Å²) in [5.41, 5.74) is 2.13. The second kappa shape index (κ2) is 7.97. The Hall–Kier alpha value is -2.34. The van der Waals surface area contributed by atoms with E-state index < -0.39 is 38.6 Å². The summed E-state index contributed by atoms with van der Waals surface area (Å²) in [5, 5.41) is 22.7. The largest absolute Gasteiger partial charge is 0.366 e. The number of amides is 2. The fourth-order valence-electron chi connectivity index (χ4n) is 1.81. The minimum absolute atomic E-state index is 0.152. The van der Waals surface area contributed by atoms with Crippen molar-refractivity contribution < 1.29 is 19.4 Å². The number of nitrogens with zero attached hydrogens (tertiary/aromatic N) is 2. The van der Waals surface area contributed by atoms with Crippen molar-refractivity contribution in [1.29, 1.82) is 0 Å². The molecule has 0 spiro atoms. The predicted molar refractivity (Wildman–Crippen MR) is 90.8 cm³/mol. The molecule has 1 aromatic carbocycles.